The van der Waals surface area contributed by atoms with Crippen molar-refractivity contribution in [1.82, 2.24) is 15.8 Å². The number of carbonyl (C=O) groups is 2. The summed E-state index contributed by atoms with van der Waals surface area (Å²) in [5.74, 6) is 0.898. The Morgan fingerprint density at radius 2 is 1.69 bits per heavy atom. The lowest BCUT2D eigenvalue weighted by Crippen LogP contribution is -2.44. The van der Waals surface area contributed by atoms with Gasteiger partial charge >= 0.3 is 0 Å². The highest BCUT2D eigenvalue weighted by atomic mass is 16.5. The Morgan fingerprint density at radius 3 is 2.34 bits per heavy atom. The van der Waals surface area contributed by atoms with Gasteiger partial charge in [-0.25, -0.2) is 5.43 Å². The molecule has 2 unspecified atom stereocenters. The second-order valence-electron chi connectivity index (χ2n) is 7.71. The van der Waals surface area contributed by atoms with Crippen LogP contribution in [0.1, 0.15) is 34.8 Å². The minimum Gasteiger partial charge on any atom is -0.497 e. The van der Waals surface area contributed by atoms with E-state index < -0.39 is 0 Å². The Labute approximate surface area is 171 Å². The summed E-state index contributed by atoms with van der Waals surface area (Å²) in [6, 6.07) is 17.3. The van der Waals surface area contributed by atoms with Gasteiger partial charge in [0, 0.05) is 31.1 Å². The van der Waals surface area contributed by atoms with E-state index in [0.717, 1.165) is 11.3 Å². The summed E-state index contributed by atoms with van der Waals surface area (Å²) >= 11 is 0. The monoisotopic (exact) mass is 393 g/mol. The number of rotatable bonds is 5. The van der Waals surface area contributed by atoms with Crippen LogP contribution in [0, 0.1) is 11.8 Å². The molecule has 2 atom stereocenters. The van der Waals surface area contributed by atoms with Crippen molar-refractivity contribution in [2.24, 2.45) is 11.8 Å². The number of hydrogen-bond donors (Lipinski definition) is 2. The van der Waals surface area contributed by atoms with E-state index in [-0.39, 0.29) is 29.6 Å². The van der Waals surface area contributed by atoms with Crippen LogP contribution >= 0.6 is 0 Å². The first-order valence-electron chi connectivity index (χ1n) is 10.2. The first kappa shape index (κ1) is 19.6. The number of hydrazine groups is 1. The van der Waals surface area contributed by atoms with E-state index in [1.165, 1.54) is 0 Å². The predicted molar refractivity (Wildman–Crippen MR) is 110 cm³/mol. The molecule has 2 aliphatic heterocycles. The summed E-state index contributed by atoms with van der Waals surface area (Å²) in [5, 5.41) is 0. The molecule has 2 aliphatic rings. The first-order chi connectivity index (χ1) is 14.2. The van der Waals surface area contributed by atoms with Crippen LogP contribution in [-0.4, -0.2) is 43.3 Å². The molecule has 2 saturated heterocycles. The van der Waals surface area contributed by atoms with Crippen molar-refractivity contribution in [3.8, 4) is 5.75 Å². The van der Waals surface area contributed by atoms with Gasteiger partial charge in [-0.2, -0.15) is 0 Å². The van der Waals surface area contributed by atoms with E-state index in [0.29, 0.717) is 38.0 Å². The highest BCUT2D eigenvalue weighted by molar-refractivity contribution is 5.98. The summed E-state index contributed by atoms with van der Waals surface area (Å²) in [6.07, 6.45) is 1.42. The number of amides is 1. The van der Waals surface area contributed by atoms with Crippen molar-refractivity contribution < 1.29 is 14.3 Å². The molecule has 0 radical (unpaired) electrons. The summed E-state index contributed by atoms with van der Waals surface area (Å²) in [7, 11) is 1.61. The zero-order valence-electron chi connectivity index (χ0n) is 16.6. The molecule has 2 aromatic carbocycles. The van der Waals surface area contributed by atoms with Gasteiger partial charge in [0.15, 0.2) is 5.78 Å². The molecule has 0 bridgehead atoms. The van der Waals surface area contributed by atoms with E-state index in [2.05, 4.69) is 10.9 Å². The number of carbonyl (C=O) groups excluding carboxylic acids is 2. The molecule has 0 spiro atoms. The van der Waals surface area contributed by atoms with Gasteiger partial charge in [0.2, 0.25) is 5.91 Å². The average Bonchev–Trinajstić information content (AvgIpc) is 3.29. The van der Waals surface area contributed by atoms with Gasteiger partial charge < -0.3 is 9.64 Å². The number of likely N-dealkylation sites (tertiary alicyclic amines) is 1. The Bertz CT molecular complexity index is 845. The lowest BCUT2D eigenvalue weighted by Gasteiger charge is -2.34. The number of hydrogen-bond acceptors (Lipinski definition) is 5. The van der Waals surface area contributed by atoms with Crippen LogP contribution in [0.4, 0.5) is 0 Å². The van der Waals surface area contributed by atoms with E-state index >= 15 is 0 Å². The van der Waals surface area contributed by atoms with Gasteiger partial charge in [-0.3, -0.25) is 15.0 Å². The minimum atomic E-state index is -0.133. The van der Waals surface area contributed by atoms with Crippen LogP contribution in [0.25, 0.3) is 0 Å². The van der Waals surface area contributed by atoms with Gasteiger partial charge in [0.05, 0.1) is 19.1 Å². The molecule has 6 heteroatoms. The first-order valence-corrected chi connectivity index (χ1v) is 10.2. The normalized spacial score (nSPS) is 22.4. The van der Waals surface area contributed by atoms with E-state index in [4.69, 9.17) is 4.74 Å². The number of piperidine rings is 1. The average molecular weight is 393 g/mol. The van der Waals surface area contributed by atoms with Gasteiger partial charge in [0.1, 0.15) is 5.75 Å². The standard InChI is InChI=1S/C23H27N3O3/c1-29-19-9-7-17(8-10-19)22(27)18-11-13-26(14-12-18)23(28)20-15-24-25-21(20)16-5-3-2-4-6-16/h2-10,18,20-21,24-25H,11-15H2,1H3. The topological polar surface area (TPSA) is 70.7 Å². The molecule has 152 valence electrons. The SMILES string of the molecule is COc1ccc(C(=O)C2CCN(C(=O)C3CNNC3c3ccccc3)CC2)cc1. The zero-order valence-corrected chi connectivity index (χ0v) is 16.6. The maximum atomic E-state index is 13.1. The molecule has 2 aromatic rings. The fourth-order valence-corrected chi connectivity index (χ4v) is 4.29. The van der Waals surface area contributed by atoms with Crippen LogP contribution in [-0.2, 0) is 4.79 Å². The van der Waals surface area contributed by atoms with E-state index in [1.807, 2.05) is 59.5 Å². The minimum absolute atomic E-state index is 0.0256. The van der Waals surface area contributed by atoms with Gasteiger partial charge in [-0.15, -0.1) is 0 Å². The quantitative estimate of drug-likeness (QED) is 0.764. The number of ether oxygens (including phenoxy) is 1. The van der Waals surface area contributed by atoms with Gasteiger partial charge in [-0.05, 0) is 42.7 Å². The molecular formula is C23H27N3O3. The predicted octanol–water partition coefficient (Wildman–Crippen LogP) is 2.58. The second kappa shape index (κ2) is 8.76. The highest BCUT2D eigenvalue weighted by Gasteiger charge is 2.38. The number of ketones is 1. The summed E-state index contributed by atoms with van der Waals surface area (Å²) < 4.78 is 5.16. The van der Waals surface area contributed by atoms with Crippen LogP contribution in [0.5, 0.6) is 5.75 Å². The molecule has 29 heavy (non-hydrogen) atoms. The number of Topliss-reactive ketones (excluding diaryl/α,β-unsaturated/α-hetero) is 1. The van der Waals surface area contributed by atoms with Crippen molar-refractivity contribution in [2.45, 2.75) is 18.9 Å². The Balaban J connectivity index is 1.36. The molecule has 0 aromatic heterocycles. The summed E-state index contributed by atoms with van der Waals surface area (Å²) in [6.45, 7) is 1.87. The molecule has 2 heterocycles. The second-order valence-corrected chi connectivity index (χ2v) is 7.71. The number of methoxy groups -OCH3 is 1. The lowest BCUT2D eigenvalue weighted by atomic mass is 9.87. The molecule has 6 nitrogen and oxygen atoms in total. The Morgan fingerprint density at radius 1 is 1.00 bits per heavy atom. The van der Waals surface area contributed by atoms with Gasteiger partial charge in [0.25, 0.3) is 0 Å². The third-order valence-corrected chi connectivity index (χ3v) is 6.01. The maximum Gasteiger partial charge on any atom is 0.229 e. The molecule has 2 N–H and O–H groups in total. The van der Waals surface area contributed by atoms with Crippen LogP contribution in [0.2, 0.25) is 0 Å². The highest BCUT2D eigenvalue weighted by Crippen LogP contribution is 2.29. The van der Waals surface area contributed by atoms with Crippen molar-refractivity contribution in [2.75, 3.05) is 26.7 Å². The molecule has 4 rings (SSSR count). The van der Waals surface area contributed by atoms with Gasteiger partial charge in [-0.1, -0.05) is 30.3 Å². The van der Waals surface area contributed by atoms with Crippen LogP contribution < -0.4 is 15.6 Å². The fraction of sp³-hybridized carbons (Fsp3) is 0.391. The number of nitrogens with zero attached hydrogens (tertiary/aromatic N) is 1. The number of nitrogens with one attached hydrogen (secondary N) is 2. The Kier molecular flexibility index (Phi) is 5.92. The van der Waals surface area contributed by atoms with Crippen LogP contribution in [0.3, 0.4) is 0 Å². The third-order valence-electron chi connectivity index (χ3n) is 6.01. The largest absolute Gasteiger partial charge is 0.497 e. The molecular weight excluding hydrogens is 366 g/mol. The zero-order chi connectivity index (χ0) is 20.2. The molecule has 0 aliphatic carbocycles. The van der Waals surface area contributed by atoms with Crippen molar-refractivity contribution in [1.29, 1.82) is 0 Å². The van der Waals surface area contributed by atoms with Crippen molar-refractivity contribution >= 4 is 11.7 Å². The summed E-state index contributed by atoms with van der Waals surface area (Å²) in [5.41, 5.74) is 8.20. The van der Waals surface area contributed by atoms with E-state index in [1.54, 1.807) is 7.11 Å². The fourth-order valence-electron chi connectivity index (χ4n) is 4.29. The Hall–Kier alpha value is -2.70. The number of benzene rings is 2. The molecule has 0 saturated carbocycles. The molecule has 2 fully saturated rings. The lowest BCUT2D eigenvalue weighted by molar-refractivity contribution is -0.136. The van der Waals surface area contributed by atoms with Crippen LogP contribution in [0.15, 0.2) is 54.6 Å². The third kappa shape index (κ3) is 4.18. The van der Waals surface area contributed by atoms with Crippen molar-refractivity contribution in [3.63, 3.8) is 0 Å². The summed E-state index contributed by atoms with van der Waals surface area (Å²) in [4.78, 5) is 27.9. The van der Waals surface area contributed by atoms with Crippen molar-refractivity contribution in [3.05, 3.63) is 65.7 Å². The molecule has 1 amide bonds. The van der Waals surface area contributed by atoms with E-state index in [9.17, 15) is 9.59 Å². The smallest absolute Gasteiger partial charge is 0.229 e. The maximum absolute atomic E-state index is 13.1.